The first-order valence-electron chi connectivity index (χ1n) is 8.45. The first kappa shape index (κ1) is 17.5. The van der Waals surface area contributed by atoms with Crippen molar-refractivity contribution in [1.29, 1.82) is 5.26 Å². The van der Waals surface area contributed by atoms with Gasteiger partial charge in [0.1, 0.15) is 5.82 Å². The highest BCUT2D eigenvalue weighted by Gasteiger charge is 2.24. The number of aryl methyl sites for hydroxylation is 1. The van der Waals surface area contributed by atoms with Gasteiger partial charge < -0.3 is 4.52 Å². The summed E-state index contributed by atoms with van der Waals surface area (Å²) >= 11 is 0. The minimum absolute atomic E-state index is 0.373. The lowest BCUT2D eigenvalue weighted by atomic mass is 10.0. The fourth-order valence-electron chi connectivity index (χ4n) is 3.33. The van der Waals surface area contributed by atoms with Crippen molar-refractivity contribution in [2.75, 3.05) is 20.1 Å². The van der Waals surface area contributed by atoms with E-state index in [0.717, 1.165) is 31.5 Å². The summed E-state index contributed by atoms with van der Waals surface area (Å²) in [4.78, 5) is 8.83. The van der Waals surface area contributed by atoms with Gasteiger partial charge in [-0.2, -0.15) is 10.2 Å². The van der Waals surface area contributed by atoms with Crippen LogP contribution in [0.25, 0.3) is 0 Å². The van der Waals surface area contributed by atoms with E-state index in [0.29, 0.717) is 36.4 Å². The fourth-order valence-corrected chi connectivity index (χ4v) is 3.33. The van der Waals surface area contributed by atoms with Crippen molar-refractivity contribution in [3.63, 3.8) is 0 Å². The van der Waals surface area contributed by atoms with Gasteiger partial charge in [-0.05, 0) is 44.1 Å². The summed E-state index contributed by atoms with van der Waals surface area (Å²) in [6, 6.07) is 6.87. The number of halogens is 1. The molecule has 1 atom stereocenters. The zero-order valence-corrected chi connectivity index (χ0v) is 14.6. The summed E-state index contributed by atoms with van der Waals surface area (Å²) in [5, 5.41) is 13.2. The van der Waals surface area contributed by atoms with Crippen molar-refractivity contribution >= 4 is 0 Å². The first-order valence-corrected chi connectivity index (χ1v) is 8.45. The van der Waals surface area contributed by atoms with E-state index in [1.54, 1.807) is 13.0 Å². The van der Waals surface area contributed by atoms with Crippen LogP contribution in [0.2, 0.25) is 0 Å². The molecule has 25 heavy (non-hydrogen) atoms. The van der Waals surface area contributed by atoms with Crippen LogP contribution in [0.15, 0.2) is 22.7 Å². The minimum atomic E-state index is -0.373. The molecule has 3 rings (SSSR count). The molecule has 0 unspecified atom stereocenters. The number of hydrogen-bond acceptors (Lipinski definition) is 6. The Morgan fingerprint density at radius 3 is 3.04 bits per heavy atom. The molecule has 2 aromatic rings. The third-order valence-corrected chi connectivity index (χ3v) is 4.65. The number of benzene rings is 1. The van der Waals surface area contributed by atoms with Gasteiger partial charge in [-0.3, -0.25) is 9.80 Å². The Hall–Kier alpha value is -2.30. The molecule has 1 aromatic carbocycles. The molecule has 6 nitrogen and oxygen atoms in total. The van der Waals surface area contributed by atoms with Crippen LogP contribution < -0.4 is 0 Å². The van der Waals surface area contributed by atoms with Crippen LogP contribution in [0.5, 0.6) is 0 Å². The van der Waals surface area contributed by atoms with Crippen LogP contribution in [-0.2, 0) is 13.1 Å². The Morgan fingerprint density at radius 2 is 2.32 bits per heavy atom. The van der Waals surface area contributed by atoms with E-state index in [1.807, 2.05) is 0 Å². The summed E-state index contributed by atoms with van der Waals surface area (Å²) in [6.07, 6.45) is 2.20. The Labute approximate surface area is 146 Å². The molecule has 1 aliphatic heterocycles. The SMILES string of the molecule is Cc1nc(CN2CCC[C@@H](N(C)Cc3ccc(F)cc3C#N)C2)no1. The molecule has 7 heteroatoms. The topological polar surface area (TPSA) is 69.2 Å². The molecule has 0 bridgehead atoms. The molecule has 0 radical (unpaired) electrons. The van der Waals surface area contributed by atoms with Crippen LogP contribution in [0.3, 0.4) is 0 Å². The van der Waals surface area contributed by atoms with Crippen LogP contribution >= 0.6 is 0 Å². The monoisotopic (exact) mass is 343 g/mol. The highest BCUT2D eigenvalue weighted by molar-refractivity contribution is 5.37. The molecular formula is C18H22FN5O. The van der Waals surface area contributed by atoms with E-state index in [4.69, 9.17) is 4.52 Å². The van der Waals surface area contributed by atoms with Crippen LogP contribution in [0, 0.1) is 24.1 Å². The van der Waals surface area contributed by atoms with E-state index in [-0.39, 0.29) is 5.82 Å². The maximum atomic E-state index is 13.3. The van der Waals surface area contributed by atoms with Gasteiger partial charge in [-0.15, -0.1) is 0 Å². The fraction of sp³-hybridized carbons (Fsp3) is 0.500. The van der Waals surface area contributed by atoms with Crippen molar-refractivity contribution < 1.29 is 8.91 Å². The van der Waals surface area contributed by atoms with Gasteiger partial charge >= 0.3 is 0 Å². The van der Waals surface area contributed by atoms with Crippen molar-refractivity contribution in [3.8, 4) is 6.07 Å². The number of nitrogens with zero attached hydrogens (tertiary/aromatic N) is 5. The quantitative estimate of drug-likeness (QED) is 0.831. The zero-order chi connectivity index (χ0) is 17.8. The molecule has 132 valence electrons. The van der Waals surface area contributed by atoms with Crippen molar-refractivity contribution in [3.05, 3.63) is 46.9 Å². The lowest BCUT2D eigenvalue weighted by Crippen LogP contribution is -2.46. The third-order valence-electron chi connectivity index (χ3n) is 4.65. The van der Waals surface area contributed by atoms with Gasteiger partial charge in [-0.25, -0.2) is 4.39 Å². The molecule has 1 fully saturated rings. The predicted octanol–water partition coefficient (Wildman–Crippen LogP) is 2.49. The van der Waals surface area contributed by atoms with Crippen LogP contribution in [-0.4, -0.2) is 46.1 Å². The van der Waals surface area contributed by atoms with Crippen molar-refractivity contribution in [2.45, 2.75) is 38.9 Å². The van der Waals surface area contributed by atoms with Gasteiger partial charge in [0.2, 0.25) is 5.89 Å². The summed E-state index contributed by atoms with van der Waals surface area (Å²) in [5.74, 6) is 0.925. The Balaban J connectivity index is 1.62. The lowest BCUT2D eigenvalue weighted by molar-refractivity contribution is 0.105. The maximum absolute atomic E-state index is 13.3. The number of rotatable bonds is 5. The Morgan fingerprint density at radius 1 is 1.48 bits per heavy atom. The molecule has 1 saturated heterocycles. The first-order chi connectivity index (χ1) is 12.0. The molecule has 0 saturated carbocycles. The van der Waals surface area contributed by atoms with E-state index >= 15 is 0 Å². The summed E-state index contributed by atoms with van der Waals surface area (Å²) in [6.45, 7) is 5.02. The second-order valence-corrected chi connectivity index (χ2v) is 6.59. The maximum Gasteiger partial charge on any atom is 0.223 e. The molecule has 2 heterocycles. The second-order valence-electron chi connectivity index (χ2n) is 6.59. The Bertz CT molecular complexity index is 769. The van der Waals surface area contributed by atoms with Gasteiger partial charge in [-0.1, -0.05) is 11.2 Å². The smallest absolute Gasteiger partial charge is 0.223 e. The highest BCUT2D eigenvalue weighted by atomic mass is 19.1. The largest absolute Gasteiger partial charge is 0.340 e. The molecule has 1 aliphatic rings. The highest BCUT2D eigenvalue weighted by Crippen LogP contribution is 2.20. The second kappa shape index (κ2) is 7.72. The van der Waals surface area contributed by atoms with Crippen molar-refractivity contribution in [2.24, 2.45) is 0 Å². The normalized spacial score (nSPS) is 18.4. The van der Waals surface area contributed by atoms with E-state index in [2.05, 4.69) is 33.1 Å². The molecule has 0 N–H and O–H groups in total. The number of likely N-dealkylation sites (tertiary alicyclic amines) is 1. The molecule has 0 aliphatic carbocycles. The van der Waals surface area contributed by atoms with Crippen molar-refractivity contribution in [1.82, 2.24) is 19.9 Å². The number of hydrogen-bond donors (Lipinski definition) is 0. The predicted molar refractivity (Wildman–Crippen MR) is 89.9 cm³/mol. The third kappa shape index (κ3) is 4.41. The van der Waals surface area contributed by atoms with Crippen LogP contribution in [0.1, 0.15) is 35.7 Å². The number of nitriles is 1. The molecule has 0 amide bonds. The average Bonchev–Trinajstić information content (AvgIpc) is 3.01. The van der Waals surface area contributed by atoms with E-state index in [1.165, 1.54) is 12.1 Å². The number of piperidine rings is 1. The zero-order valence-electron chi connectivity index (χ0n) is 14.6. The number of likely N-dealkylation sites (N-methyl/N-ethyl adjacent to an activating group) is 1. The molecular weight excluding hydrogens is 321 g/mol. The molecule has 1 aromatic heterocycles. The minimum Gasteiger partial charge on any atom is -0.340 e. The van der Waals surface area contributed by atoms with E-state index < -0.39 is 0 Å². The molecule has 0 spiro atoms. The average molecular weight is 343 g/mol. The van der Waals surface area contributed by atoms with E-state index in [9.17, 15) is 9.65 Å². The summed E-state index contributed by atoms with van der Waals surface area (Å²) in [5.41, 5.74) is 1.26. The van der Waals surface area contributed by atoms with Gasteiger partial charge in [0.05, 0.1) is 18.2 Å². The van der Waals surface area contributed by atoms with Crippen LogP contribution in [0.4, 0.5) is 4.39 Å². The standard InChI is InChI=1S/C18H22FN5O/c1-13-21-18(22-25-13)12-24-7-3-4-17(11-24)23(2)10-14-5-6-16(19)8-15(14)9-20/h5-6,8,17H,3-4,7,10-12H2,1-2H3/t17-/m1/s1. The van der Waals surface area contributed by atoms with Gasteiger partial charge in [0.25, 0.3) is 0 Å². The Kier molecular flexibility index (Phi) is 5.41. The van der Waals surface area contributed by atoms with Gasteiger partial charge in [0.15, 0.2) is 5.82 Å². The number of aromatic nitrogens is 2. The summed E-state index contributed by atoms with van der Waals surface area (Å²) < 4.78 is 18.3. The lowest BCUT2D eigenvalue weighted by Gasteiger charge is -2.37. The van der Waals surface area contributed by atoms with Gasteiger partial charge in [0, 0.05) is 26.1 Å². The summed E-state index contributed by atoms with van der Waals surface area (Å²) in [7, 11) is 2.05.